The minimum atomic E-state index is 0.649. The third kappa shape index (κ3) is 5.65. The monoisotopic (exact) mass is 262 g/mol. The van der Waals surface area contributed by atoms with Crippen LogP contribution in [0.4, 0.5) is 5.69 Å². The summed E-state index contributed by atoms with van der Waals surface area (Å²) in [5, 5.41) is 3.47. The second kappa shape index (κ2) is 8.21. The van der Waals surface area contributed by atoms with Crippen LogP contribution >= 0.6 is 0 Å². The van der Waals surface area contributed by atoms with E-state index in [0.29, 0.717) is 6.04 Å². The van der Waals surface area contributed by atoms with Crippen LogP contribution in [0.2, 0.25) is 0 Å². The maximum Gasteiger partial charge on any atom is 0.0393 e. The maximum atomic E-state index is 3.47. The normalized spacial score (nSPS) is 12.5. The standard InChI is InChI=1S/C17H30N2/c1-6-18-16(4)9-7-8-12-19(5)17-11-10-14(2)13-15(17)3/h10-11,13,16,18H,6-9,12H2,1-5H3. The zero-order valence-electron chi connectivity index (χ0n) is 13.3. The summed E-state index contributed by atoms with van der Waals surface area (Å²) in [5.41, 5.74) is 4.09. The smallest absolute Gasteiger partial charge is 0.0393 e. The van der Waals surface area contributed by atoms with Crippen molar-refractivity contribution >= 4 is 5.69 Å². The first-order chi connectivity index (χ1) is 9.04. The Bertz CT molecular complexity index is 374. The Morgan fingerprint density at radius 1 is 1.21 bits per heavy atom. The molecule has 1 aromatic carbocycles. The highest BCUT2D eigenvalue weighted by Gasteiger charge is 2.05. The Hall–Kier alpha value is -1.02. The van der Waals surface area contributed by atoms with Gasteiger partial charge in [-0.2, -0.15) is 0 Å². The first kappa shape index (κ1) is 16.0. The van der Waals surface area contributed by atoms with Crippen LogP contribution in [0.15, 0.2) is 18.2 Å². The molecule has 1 atom stereocenters. The molecule has 0 fully saturated rings. The van der Waals surface area contributed by atoms with Crippen LogP contribution in [0.25, 0.3) is 0 Å². The molecule has 0 radical (unpaired) electrons. The van der Waals surface area contributed by atoms with Crippen LogP contribution in [0.1, 0.15) is 44.2 Å². The van der Waals surface area contributed by atoms with E-state index >= 15 is 0 Å². The summed E-state index contributed by atoms with van der Waals surface area (Å²) < 4.78 is 0. The molecule has 2 nitrogen and oxygen atoms in total. The molecule has 0 aliphatic carbocycles. The zero-order valence-corrected chi connectivity index (χ0v) is 13.3. The third-order valence-corrected chi connectivity index (χ3v) is 3.70. The van der Waals surface area contributed by atoms with Crippen LogP contribution in [0.5, 0.6) is 0 Å². The van der Waals surface area contributed by atoms with Gasteiger partial charge in [0.2, 0.25) is 0 Å². The number of hydrogen-bond acceptors (Lipinski definition) is 2. The molecular weight excluding hydrogens is 232 g/mol. The van der Waals surface area contributed by atoms with Crippen molar-refractivity contribution in [1.82, 2.24) is 5.32 Å². The second-order valence-electron chi connectivity index (χ2n) is 5.67. The quantitative estimate of drug-likeness (QED) is 0.715. The van der Waals surface area contributed by atoms with Gasteiger partial charge < -0.3 is 10.2 Å². The van der Waals surface area contributed by atoms with Gasteiger partial charge in [-0.1, -0.05) is 31.0 Å². The van der Waals surface area contributed by atoms with Gasteiger partial charge in [-0.3, -0.25) is 0 Å². The van der Waals surface area contributed by atoms with Crippen LogP contribution < -0.4 is 10.2 Å². The van der Waals surface area contributed by atoms with Gasteiger partial charge in [0.15, 0.2) is 0 Å². The number of hydrogen-bond donors (Lipinski definition) is 1. The van der Waals surface area contributed by atoms with Crippen molar-refractivity contribution in [2.75, 3.05) is 25.0 Å². The molecule has 108 valence electrons. The molecule has 1 N–H and O–H groups in total. The molecule has 0 spiro atoms. The van der Waals surface area contributed by atoms with E-state index in [1.807, 2.05) is 0 Å². The molecule has 0 heterocycles. The molecule has 0 aromatic heterocycles. The molecule has 2 heteroatoms. The Balaban J connectivity index is 2.33. The van der Waals surface area contributed by atoms with E-state index in [9.17, 15) is 0 Å². The predicted molar refractivity (Wildman–Crippen MR) is 86.2 cm³/mol. The highest BCUT2D eigenvalue weighted by atomic mass is 15.1. The van der Waals surface area contributed by atoms with Crippen LogP contribution in [-0.2, 0) is 0 Å². The summed E-state index contributed by atoms with van der Waals surface area (Å²) in [7, 11) is 2.20. The van der Waals surface area contributed by atoms with Gasteiger partial charge in [-0.25, -0.2) is 0 Å². The van der Waals surface area contributed by atoms with Gasteiger partial charge in [0.05, 0.1) is 0 Å². The zero-order chi connectivity index (χ0) is 14.3. The number of aryl methyl sites for hydroxylation is 2. The predicted octanol–water partition coefficient (Wildman–Crippen LogP) is 3.91. The van der Waals surface area contributed by atoms with E-state index in [2.05, 4.69) is 63.2 Å². The minimum absolute atomic E-state index is 0.649. The molecular formula is C17H30N2. The van der Waals surface area contributed by atoms with Crippen LogP contribution in [-0.4, -0.2) is 26.2 Å². The average Bonchev–Trinajstić information content (AvgIpc) is 2.34. The summed E-state index contributed by atoms with van der Waals surface area (Å²) >= 11 is 0. The first-order valence-corrected chi connectivity index (χ1v) is 7.56. The lowest BCUT2D eigenvalue weighted by atomic mass is 10.1. The van der Waals surface area contributed by atoms with E-state index < -0.39 is 0 Å². The number of anilines is 1. The third-order valence-electron chi connectivity index (χ3n) is 3.70. The van der Waals surface area contributed by atoms with Gasteiger partial charge in [-0.05, 0) is 51.8 Å². The fourth-order valence-electron chi connectivity index (χ4n) is 2.60. The topological polar surface area (TPSA) is 15.3 Å². The number of unbranched alkanes of at least 4 members (excludes halogenated alkanes) is 1. The fourth-order valence-corrected chi connectivity index (χ4v) is 2.60. The lowest BCUT2D eigenvalue weighted by Crippen LogP contribution is -2.26. The van der Waals surface area contributed by atoms with E-state index in [0.717, 1.165) is 13.1 Å². The summed E-state index contributed by atoms with van der Waals surface area (Å²) in [4.78, 5) is 2.38. The summed E-state index contributed by atoms with van der Waals surface area (Å²) in [6.07, 6.45) is 3.83. The van der Waals surface area contributed by atoms with Gasteiger partial charge in [0.25, 0.3) is 0 Å². The summed E-state index contributed by atoms with van der Waals surface area (Å²) in [6.45, 7) is 11.0. The van der Waals surface area contributed by atoms with Gasteiger partial charge in [0, 0.05) is 25.3 Å². The average molecular weight is 262 g/mol. The molecule has 0 aliphatic rings. The minimum Gasteiger partial charge on any atom is -0.374 e. The molecule has 19 heavy (non-hydrogen) atoms. The highest BCUT2D eigenvalue weighted by molar-refractivity contribution is 5.53. The largest absolute Gasteiger partial charge is 0.374 e. The second-order valence-corrected chi connectivity index (χ2v) is 5.67. The molecule has 1 unspecified atom stereocenters. The van der Waals surface area contributed by atoms with Crippen molar-refractivity contribution in [2.24, 2.45) is 0 Å². The number of benzene rings is 1. The fraction of sp³-hybridized carbons (Fsp3) is 0.647. The molecule has 0 saturated carbocycles. The van der Waals surface area contributed by atoms with Gasteiger partial charge in [0.1, 0.15) is 0 Å². The first-order valence-electron chi connectivity index (χ1n) is 7.56. The number of nitrogens with zero attached hydrogens (tertiary/aromatic N) is 1. The van der Waals surface area contributed by atoms with Crippen molar-refractivity contribution in [1.29, 1.82) is 0 Å². The highest BCUT2D eigenvalue weighted by Crippen LogP contribution is 2.20. The molecule has 0 aliphatic heterocycles. The number of rotatable bonds is 8. The van der Waals surface area contributed by atoms with Crippen LogP contribution in [0.3, 0.4) is 0 Å². The maximum absolute atomic E-state index is 3.47. The van der Waals surface area contributed by atoms with E-state index in [1.165, 1.54) is 36.1 Å². The van der Waals surface area contributed by atoms with Crippen molar-refractivity contribution in [2.45, 2.75) is 53.0 Å². The van der Waals surface area contributed by atoms with Gasteiger partial charge in [-0.15, -0.1) is 0 Å². The lowest BCUT2D eigenvalue weighted by Gasteiger charge is -2.22. The molecule has 1 aromatic rings. The van der Waals surface area contributed by atoms with E-state index in [4.69, 9.17) is 0 Å². The lowest BCUT2D eigenvalue weighted by molar-refractivity contribution is 0.503. The van der Waals surface area contributed by atoms with Gasteiger partial charge >= 0.3 is 0 Å². The summed E-state index contributed by atoms with van der Waals surface area (Å²) in [6, 6.07) is 7.35. The molecule has 0 amide bonds. The Morgan fingerprint density at radius 3 is 2.58 bits per heavy atom. The molecule has 0 bridgehead atoms. The number of nitrogens with one attached hydrogen (secondary N) is 1. The van der Waals surface area contributed by atoms with Crippen LogP contribution in [0, 0.1) is 13.8 Å². The molecule has 0 saturated heterocycles. The SMILES string of the molecule is CCNC(C)CCCCN(C)c1ccc(C)cc1C. The van der Waals surface area contributed by atoms with Crippen molar-refractivity contribution in [3.8, 4) is 0 Å². The summed E-state index contributed by atoms with van der Waals surface area (Å²) in [5.74, 6) is 0. The Labute approximate surface area is 119 Å². The Kier molecular flexibility index (Phi) is 6.93. The van der Waals surface area contributed by atoms with Crippen molar-refractivity contribution in [3.63, 3.8) is 0 Å². The van der Waals surface area contributed by atoms with E-state index in [1.54, 1.807) is 0 Å². The van der Waals surface area contributed by atoms with E-state index in [-0.39, 0.29) is 0 Å². The molecule has 1 rings (SSSR count). The van der Waals surface area contributed by atoms with Crippen molar-refractivity contribution in [3.05, 3.63) is 29.3 Å². The Morgan fingerprint density at radius 2 is 1.95 bits per heavy atom. The van der Waals surface area contributed by atoms with Crippen molar-refractivity contribution < 1.29 is 0 Å².